The van der Waals surface area contributed by atoms with E-state index in [1.165, 1.54) is 21.0 Å². The first-order chi connectivity index (χ1) is 10.2. The van der Waals surface area contributed by atoms with E-state index in [1.807, 2.05) is 0 Å². The molecule has 1 aromatic rings. The van der Waals surface area contributed by atoms with Crippen molar-refractivity contribution in [2.45, 2.75) is 19.4 Å². The number of rotatable bonds is 8. The number of aliphatic hydroxyl groups is 1. The largest absolute Gasteiger partial charge is 0.492 e. The third kappa shape index (κ3) is 5.83. The van der Waals surface area contributed by atoms with E-state index < -0.39 is 5.60 Å². The third-order valence-corrected chi connectivity index (χ3v) is 3.04. The fraction of sp³-hybridized carbons (Fsp3) is 0.500. The van der Waals surface area contributed by atoms with E-state index in [1.54, 1.807) is 36.2 Å². The standard InChI is InChI=1S/C16H23NO5/c1-16(2,20)15(19)12-5-7-13(8-6-12)22-10-9-17(3)11-14(18)21-4/h5-8,20H,9-11H2,1-4H3. The monoisotopic (exact) mass is 309 g/mol. The Labute approximate surface area is 130 Å². The maximum Gasteiger partial charge on any atom is 0.319 e. The van der Waals surface area contributed by atoms with Crippen molar-refractivity contribution >= 4 is 11.8 Å². The number of nitrogens with zero attached hydrogens (tertiary/aromatic N) is 1. The number of methoxy groups -OCH3 is 1. The number of likely N-dealkylation sites (N-methyl/N-ethyl adjacent to an activating group) is 1. The van der Waals surface area contributed by atoms with E-state index in [4.69, 9.17) is 4.74 Å². The molecular formula is C16H23NO5. The molecule has 0 radical (unpaired) electrons. The van der Waals surface area contributed by atoms with Crippen LogP contribution in [0.2, 0.25) is 0 Å². The van der Waals surface area contributed by atoms with E-state index in [-0.39, 0.29) is 18.3 Å². The van der Waals surface area contributed by atoms with Crippen molar-refractivity contribution in [3.63, 3.8) is 0 Å². The van der Waals surface area contributed by atoms with Gasteiger partial charge in [0.15, 0.2) is 5.78 Å². The highest BCUT2D eigenvalue weighted by molar-refractivity contribution is 6.01. The van der Waals surface area contributed by atoms with Gasteiger partial charge >= 0.3 is 5.97 Å². The quantitative estimate of drug-likeness (QED) is 0.573. The lowest BCUT2D eigenvalue weighted by atomic mass is 9.97. The summed E-state index contributed by atoms with van der Waals surface area (Å²) in [6.07, 6.45) is 0. The van der Waals surface area contributed by atoms with Crippen LogP contribution in [-0.2, 0) is 9.53 Å². The molecule has 0 unspecified atom stereocenters. The lowest BCUT2D eigenvalue weighted by molar-refractivity contribution is -0.141. The number of Topliss-reactive ketones (excluding diaryl/α,β-unsaturated/α-hetero) is 1. The van der Waals surface area contributed by atoms with Crippen molar-refractivity contribution in [1.29, 1.82) is 0 Å². The summed E-state index contributed by atoms with van der Waals surface area (Å²) in [5.74, 6) is -0.00684. The van der Waals surface area contributed by atoms with E-state index in [2.05, 4.69) is 4.74 Å². The number of benzene rings is 1. The molecule has 1 rings (SSSR count). The molecule has 0 bridgehead atoms. The molecule has 0 heterocycles. The molecule has 0 saturated heterocycles. The van der Waals surface area contributed by atoms with Crippen LogP contribution in [0, 0.1) is 0 Å². The maximum absolute atomic E-state index is 11.9. The van der Waals surface area contributed by atoms with Crippen molar-refractivity contribution in [1.82, 2.24) is 4.90 Å². The fourth-order valence-corrected chi connectivity index (χ4v) is 1.74. The predicted molar refractivity (Wildman–Crippen MR) is 82.1 cm³/mol. The zero-order chi connectivity index (χ0) is 16.8. The van der Waals surface area contributed by atoms with Crippen molar-refractivity contribution < 1.29 is 24.2 Å². The van der Waals surface area contributed by atoms with Crippen molar-refractivity contribution in [3.8, 4) is 5.75 Å². The number of hydrogen-bond acceptors (Lipinski definition) is 6. The summed E-state index contributed by atoms with van der Waals surface area (Å²) < 4.78 is 10.1. The van der Waals surface area contributed by atoms with Crippen LogP contribution >= 0.6 is 0 Å². The lowest BCUT2D eigenvalue weighted by Crippen LogP contribution is -2.31. The highest BCUT2D eigenvalue weighted by atomic mass is 16.5. The van der Waals surface area contributed by atoms with Gasteiger partial charge in [0, 0.05) is 12.1 Å². The van der Waals surface area contributed by atoms with Gasteiger partial charge in [-0.2, -0.15) is 0 Å². The molecule has 0 aromatic heterocycles. The summed E-state index contributed by atoms with van der Waals surface area (Å²) in [5, 5.41) is 9.68. The Bertz CT molecular complexity index is 504. The molecule has 122 valence electrons. The summed E-state index contributed by atoms with van der Waals surface area (Å²) in [6, 6.07) is 6.60. The second kappa shape index (κ2) is 7.91. The zero-order valence-electron chi connectivity index (χ0n) is 13.5. The van der Waals surface area contributed by atoms with E-state index >= 15 is 0 Å². The molecule has 1 N–H and O–H groups in total. The number of carbonyl (C=O) groups is 2. The van der Waals surface area contributed by atoms with Crippen LogP contribution in [0.4, 0.5) is 0 Å². The second-order valence-corrected chi connectivity index (χ2v) is 5.57. The molecule has 0 aliphatic heterocycles. The Morgan fingerprint density at radius 1 is 1.23 bits per heavy atom. The normalized spacial score (nSPS) is 11.4. The highest BCUT2D eigenvalue weighted by Gasteiger charge is 2.24. The van der Waals surface area contributed by atoms with Gasteiger partial charge in [-0.1, -0.05) is 0 Å². The first-order valence-electron chi connectivity index (χ1n) is 6.99. The summed E-state index contributed by atoms with van der Waals surface area (Å²) in [7, 11) is 3.15. The van der Waals surface area contributed by atoms with Crippen LogP contribution in [0.5, 0.6) is 5.75 Å². The topological polar surface area (TPSA) is 76.1 Å². The number of ketones is 1. The summed E-state index contributed by atoms with van der Waals surface area (Å²) in [5.41, 5.74) is -0.957. The van der Waals surface area contributed by atoms with Gasteiger partial charge in [-0.25, -0.2) is 0 Å². The first-order valence-corrected chi connectivity index (χ1v) is 6.99. The maximum atomic E-state index is 11.9. The minimum atomic E-state index is -1.39. The Hall–Kier alpha value is -1.92. The number of ether oxygens (including phenoxy) is 2. The van der Waals surface area contributed by atoms with Gasteiger partial charge in [0.1, 0.15) is 18.0 Å². The molecule has 6 heteroatoms. The number of esters is 1. The third-order valence-electron chi connectivity index (χ3n) is 3.04. The van der Waals surface area contributed by atoms with Gasteiger partial charge < -0.3 is 14.6 Å². The molecule has 0 saturated carbocycles. The van der Waals surface area contributed by atoms with Crippen LogP contribution in [0.1, 0.15) is 24.2 Å². The molecule has 0 fully saturated rings. The molecule has 6 nitrogen and oxygen atoms in total. The molecule has 22 heavy (non-hydrogen) atoms. The van der Waals surface area contributed by atoms with Gasteiger partial charge in [-0.15, -0.1) is 0 Å². The minimum absolute atomic E-state index is 0.207. The van der Waals surface area contributed by atoms with E-state index in [9.17, 15) is 14.7 Å². The van der Waals surface area contributed by atoms with Gasteiger partial charge in [0.2, 0.25) is 0 Å². The zero-order valence-corrected chi connectivity index (χ0v) is 13.5. The van der Waals surface area contributed by atoms with Crippen molar-refractivity contribution in [3.05, 3.63) is 29.8 Å². The van der Waals surface area contributed by atoms with Crippen LogP contribution in [0.3, 0.4) is 0 Å². The van der Waals surface area contributed by atoms with Crippen LogP contribution < -0.4 is 4.74 Å². The van der Waals surface area contributed by atoms with Crippen LogP contribution in [-0.4, -0.2) is 61.2 Å². The van der Waals surface area contributed by atoms with Gasteiger partial charge in [0.25, 0.3) is 0 Å². The van der Waals surface area contributed by atoms with Crippen LogP contribution in [0.25, 0.3) is 0 Å². The Morgan fingerprint density at radius 2 is 1.82 bits per heavy atom. The molecule has 1 aromatic carbocycles. The summed E-state index contributed by atoms with van der Waals surface area (Å²) in [6.45, 7) is 4.10. The number of hydrogen-bond donors (Lipinski definition) is 1. The fourth-order valence-electron chi connectivity index (χ4n) is 1.74. The molecule has 0 aliphatic carbocycles. The SMILES string of the molecule is COC(=O)CN(C)CCOc1ccc(C(=O)C(C)(C)O)cc1. The van der Waals surface area contributed by atoms with E-state index in [0.717, 1.165) is 0 Å². The molecule has 0 spiro atoms. The highest BCUT2D eigenvalue weighted by Crippen LogP contribution is 2.17. The Balaban J connectivity index is 2.45. The summed E-state index contributed by atoms with van der Waals surface area (Å²) >= 11 is 0. The first kappa shape index (κ1) is 18.1. The lowest BCUT2D eigenvalue weighted by Gasteiger charge is -2.17. The minimum Gasteiger partial charge on any atom is -0.492 e. The molecule has 0 aliphatic rings. The molecular weight excluding hydrogens is 286 g/mol. The predicted octanol–water partition coefficient (Wildman–Crippen LogP) is 1.12. The van der Waals surface area contributed by atoms with Gasteiger partial charge in [-0.3, -0.25) is 14.5 Å². The molecule has 0 atom stereocenters. The van der Waals surface area contributed by atoms with E-state index in [0.29, 0.717) is 24.5 Å². The second-order valence-electron chi connectivity index (χ2n) is 5.57. The van der Waals surface area contributed by atoms with Gasteiger partial charge in [-0.05, 0) is 45.2 Å². The number of carbonyl (C=O) groups excluding carboxylic acids is 2. The average molecular weight is 309 g/mol. The molecule has 0 amide bonds. The van der Waals surface area contributed by atoms with Crippen molar-refractivity contribution in [2.24, 2.45) is 0 Å². The Kier molecular flexibility index (Phi) is 6.52. The average Bonchev–Trinajstić information content (AvgIpc) is 2.46. The Morgan fingerprint density at radius 3 is 2.32 bits per heavy atom. The van der Waals surface area contributed by atoms with Gasteiger partial charge in [0.05, 0.1) is 13.7 Å². The van der Waals surface area contributed by atoms with Crippen LogP contribution in [0.15, 0.2) is 24.3 Å². The summed E-state index contributed by atoms with van der Waals surface area (Å²) in [4.78, 5) is 24.7. The smallest absolute Gasteiger partial charge is 0.319 e. The van der Waals surface area contributed by atoms with Crippen molar-refractivity contribution in [2.75, 3.05) is 33.9 Å².